The normalized spacial score (nSPS) is 12.3. The number of aromatic nitrogens is 1. The van der Waals surface area contributed by atoms with Gasteiger partial charge in [0.05, 0.1) is 5.52 Å². The van der Waals surface area contributed by atoms with Gasteiger partial charge < -0.3 is 0 Å². The van der Waals surface area contributed by atoms with Crippen molar-refractivity contribution < 1.29 is 0 Å². The van der Waals surface area contributed by atoms with Gasteiger partial charge in [0.1, 0.15) is 0 Å². The molecule has 0 aliphatic rings. The lowest BCUT2D eigenvalue weighted by Gasteiger charge is -2.23. The molecule has 36 heavy (non-hydrogen) atoms. The van der Waals surface area contributed by atoms with E-state index in [1.54, 1.807) is 0 Å². The van der Waals surface area contributed by atoms with Crippen LogP contribution in [0, 0.1) is 0 Å². The van der Waals surface area contributed by atoms with Gasteiger partial charge in [-0.05, 0) is 89.8 Å². The van der Waals surface area contributed by atoms with Crippen molar-refractivity contribution in [1.82, 2.24) is 4.98 Å². The van der Waals surface area contributed by atoms with Gasteiger partial charge in [-0.1, -0.05) is 99.6 Å². The lowest BCUT2D eigenvalue weighted by molar-refractivity contribution is 0.591. The van der Waals surface area contributed by atoms with Crippen LogP contribution in [0.2, 0.25) is 0 Å². The zero-order valence-electron chi connectivity index (χ0n) is 20.8. The van der Waals surface area contributed by atoms with Crippen molar-refractivity contribution in [2.75, 3.05) is 0 Å². The molecule has 0 atom stereocenters. The Morgan fingerprint density at radius 3 is 1.92 bits per heavy atom. The third kappa shape index (κ3) is 3.20. The van der Waals surface area contributed by atoms with Crippen LogP contribution in [0.25, 0.3) is 65.5 Å². The quantitative estimate of drug-likeness (QED) is 0.233. The van der Waals surface area contributed by atoms with Crippen molar-refractivity contribution in [2.45, 2.75) is 26.2 Å². The van der Waals surface area contributed by atoms with E-state index in [-0.39, 0.29) is 5.41 Å². The first-order valence-corrected chi connectivity index (χ1v) is 12.6. The number of hydrogen-bond donors (Lipinski definition) is 0. The smallest absolute Gasteiger partial charge is 0.0702 e. The summed E-state index contributed by atoms with van der Waals surface area (Å²) < 4.78 is 0. The Morgan fingerprint density at radius 1 is 0.528 bits per heavy atom. The highest BCUT2D eigenvalue weighted by Gasteiger charge is 2.20. The first kappa shape index (κ1) is 21.1. The van der Waals surface area contributed by atoms with Crippen LogP contribution in [-0.4, -0.2) is 4.98 Å². The lowest BCUT2D eigenvalue weighted by Crippen LogP contribution is -2.10. The summed E-state index contributed by atoms with van der Waals surface area (Å²) in [6.07, 6.45) is 1.86. The van der Waals surface area contributed by atoms with Crippen molar-refractivity contribution in [2.24, 2.45) is 0 Å². The minimum absolute atomic E-state index is 0.101. The van der Waals surface area contributed by atoms with Crippen LogP contribution in [-0.2, 0) is 5.41 Å². The maximum Gasteiger partial charge on any atom is 0.0702 e. The molecule has 0 fully saturated rings. The van der Waals surface area contributed by atoms with Crippen LogP contribution in [0.3, 0.4) is 0 Å². The van der Waals surface area contributed by atoms with E-state index < -0.39 is 0 Å². The van der Waals surface area contributed by atoms with E-state index in [0.29, 0.717) is 0 Å². The summed E-state index contributed by atoms with van der Waals surface area (Å²) in [4.78, 5) is 4.54. The predicted molar refractivity (Wildman–Crippen MR) is 155 cm³/mol. The molecule has 0 aliphatic heterocycles. The van der Waals surface area contributed by atoms with E-state index in [1.807, 2.05) is 12.3 Å². The van der Waals surface area contributed by atoms with Gasteiger partial charge in [-0.3, -0.25) is 4.98 Å². The SMILES string of the molecule is CC(C)(C)c1cc2ccc3c(-c4ccccc4)cc(-c4ccc5ncccc5c4)c4ccc(c1)c2c34. The highest BCUT2D eigenvalue weighted by atomic mass is 14.6. The van der Waals surface area contributed by atoms with Crippen LogP contribution in [0.1, 0.15) is 26.3 Å². The molecule has 6 aromatic carbocycles. The molecule has 1 nitrogen and oxygen atoms in total. The van der Waals surface area contributed by atoms with Crippen LogP contribution in [0.4, 0.5) is 0 Å². The molecular formula is C35H27N. The molecule has 1 heteroatoms. The largest absolute Gasteiger partial charge is 0.256 e. The van der Waals surface area contributed by atoms with Gasteiger partial charge >= 0.3 is 0 Å². The molecule has 0 saturated heterocycles. The number of rotatable bonds is 2. The molecule has 0 spiro atoms. The molecule has 172 valence electrons. The Morgan fingerprint density at radius 2 is 1.22 bits per heavy atom. The molecule has 0 N–H and O–H groups in total. The number of pyridine rings is 1. The number of nitrogens with zero attached hydrogens (tertiary/aromatic N) is 1. The van der Waals surface area contributed by atoms with Crippen LogP contribution >= 0.6 is 0 Å². The summed E-state index contributed by atoms with van der Waals surface area (Å²) in [5.41, 5.74) is 7.51. The Labute approximate surface area is 211 Å². The minimum atomic E-state index is 0.101. The fourth-order valence-electron chi connectivity index (χ4n) is 5.69. The minimum Gasteiger partial charge on any atom is -0.256 e. The van der Waals surface area contributed by atoms with Gasteiger partial charge in [-0.2, -0.15) is 0 Å². The summed E-state index contributed by atoms with van der Waals surface area (Å²) in [5, 5.41) is 9.12. The van der Waals surface area contributed by atoms with Crippen molar-refractivity contribution >= 4 is 43.2 Å². The highest BCUT2D eigenvalue weighted by molar-refractivity contribution is 6.28. The second-order valence-corrected chi connectivity index (χ2v) is 10.9. The van der Waals surface area contributed by atoms with Gasteiger partial charge in [0, 0.05) is 11.6 Å². The van der Waals surface area contributed by atoms with Crippen molar-refractivity contribution in [3.05, 3.63) is 115 Å². The molecule has 7 aromatic rings. The standard InChI is InChI=1S/C35H27N/c1-35(2,3)27-19-25-11-14-28-30(22-8-5-4-6-9-22)21-31(29-15-12-26(20-27)33(25)34(28)29)23-13-16-32-24(18-23)10-7-17-36-32/h4-21H,1-3H3. The molecule has 1 aromatic heterocycles. The Kier molecular flexibility index (Phi) is 4.47. The summed E-state index contributed by atoms with van der Waals surface area (Å²) in [6, 6.07) is 38.0. The predicted octanol–water partition coefficient (Wildman–Crippen LogP) is 9.76. The topological polar surface area (TPSA) is 12.9 Å². The third-order valence-corrected chi connectivity index (χ3v) is 7.58. The van der Waals surface area contributed by atoms with Gasteiger partial charge in [-0.25, -0.2) is 0 Å². The van der Waals surface area contributed by atoms with Crippen LogP contribution < -0.4 is 0 Å². The Hall–Kier alpha value is -4.23. The molecule has 0 unspecified atom stereocenters. The molecule has 0 saturated carbocycles. The maximum absolute atomic E-state index is 4.54. The van der Waals surface area contributed by atoms with E-state index in [4.69, 9.17) is 0 Å². The van der Waals surface area contributed by atoms with E-state index in [2.05, 4.69) is 123 Å². The average molecular weight is 462 g/mol. The first-order valence-electron chi connectivity index (χ1n) is 12.6. The molecule has 0 bridgehead atoms. The maximum atomic E-state index is 4.54. The second kappa shape index (κ2) is 7.63. The van der Waals surface area contributed by atoms with Crippen LogP contribution in [0.15, 0.2) is 109 Å². The van der Waals surface area contributed by atoms with E-state index in [0.717, 1.165) is 10.9 Å². The molecule has 0 amide bonds. The molecular weight excluding hydrogens is 434 g/mol. The highest BCUT2D eigenvalue weighted by Crippen LogP contribution is 2.45. The second-order valence-electron chi connectivity index (χ2n) is 10.9. The molecule has 0 aliphatic carbocycles. The van der Waals surface area contributed by atoms with Crippen molar-refractivity contribution in [1.29, 1.82) is 0 Å². The van der Waals surface area contributed by atoms with Crippen molar-refractivity contribution in [3.63, 3.8) is 0 Å². The van der Waals surface area contributed by atoms with E-state index >= 15 is 0 Å². The van der Waals surface area contributed by atoms with Gasteiger partial charge in [-0.15, -0.1) is 0 Å². The molecule has 1 heterocycles. The van der Waals surface area contributed by atoms with E-state index in [9.17, 15) is 0 Å². The zero-order valence-corrected chi connectivity index (χ0v) is 20.8. The molecule has 0 radical (unpaired) electrons. The Bertz CT molecular complexity index is 1890. The summed E-state index contributed by atoms with van der Waals surface area (Å²) in [6.45, 7) is 6.88. The average Bonchev–Trinajstić information content (AvgIpc) is 2.91. The third-order valence-electron chi connectivity index (χ3n) is 7.58. The summed E-state index contributed by atoms with van der Waals surface area (Å²) >= 11 is 0. The summed E-state index contributed by atoms with van der Waals surface area (Å²) in [7, 11) is 0. The number of benzene rings is 6. The summed E-state index contributed by atoms with van der Waals surface area (Å²) in [5.74, 6) is 0. The monoisotopic (exact) mass is 461 g/mol. The Balaban J connectivity index is 1.63. The van der Waals surface area contributed by atoms with E-state index in [1.165, 1.54) is 60.1 Å². The van der Waals surface area contributed by atoms with Crippen LogP contribution in [0.5, 0.6) is 0 Å². The zero-order chi connectivity index (χ0) is 24.4. The molecule has 7 rings (SSSR count). The fourth-order valence-corrected chi connectivity index (χ4v) is 5.69. The van der Waals surface area contributed by atoms with Gasteiger partial charge in [0.15, 0.2) is 0 Å². The van der Waals surface area contributed by atoms with Gasteiger partial charge in [0.2, 0.25) is 0 Å². The number of fused-ring (bicyclic) bond motifs is 1. The lowest BCUT2D eigenvalue weighted by atomic mass is 9.81. The first-order chi connectivity index (χ1) is 17.5. The fraction of sp³-hybridized carbons (Fsp3) is 0.114. The van der Waals surface area contributed by atoms with Crippen molar-refractivity contribution in [3.8, 4) is 22.3 Å². The number of hydrogen-bond acceptors (Lipinski definition) is 1. The van der Waals surface area contributed by atoms with Gasteiger partial charge in [0.25, 0.3) is 0 Å².